The van der Waals surface area contributed by atoms with Crippen molar-refractivity contribution >= 4 is 17.6 Å². The molecule has 6 heteroatoms. The molecule has 22 heavy (non-hydrogen) atoms. The SMILES string of the molecule is CC1(C)[C@H](C(=O)O)[C@@H]1C(=O)Nc1ccc(-n2cccn2)cc1. The first-order valence-electron chi connectivity index (χ1n) is 7.05. The lowest BCUT2D eigenvalue weighted by Crippen LogP contribution is -2.17. The van der Waals surface area contributed by atoms with E-state index < -0.39 is 23.2 Å². The van der Waals surface area contributed by atoms with Crippen molar-refractivity contribution in [2.75, 3.05) is 5.32 Å². The number of hydrogen-bond acceptors (Lipinski definition) is 3. The monoisotopic (exact) mass is 299 g/mol. The number of amides is 1. The summed E-state index contributed by atoms with van der Waals surface area (Å²) in [5.41, 5.74) is 1.04. The number of nitrogens with zero attached hydrogens (tertiary/aromatic N) is 2. The zero-order chi connectivity index (χ0) is 15.9. The van der Waals surface area contributed by atoms with Gasteiger partial charge >= 0.3 is 5.97 Å². The van der Waals surface area contributed by atoms with Gasteiger partial charge in [-0.25, -0.2) is 4.68 Å². The summed E-state index contributed by atoms with van der Waals surface area (Å²) in [4.78, 5) is 23.4. The van der Waals surface area contributed by atoms with Crippen LogP contribution < -0.4 is 5.32 Å². The van der Waals surface area contributed by atoms with E-state index in [4.69, 9.17) is 5.11 Å². The molecule has 1 aliphatic carbocycles. The fraction of sp³-hybridized carbons (Fsp3) is 0.312. The molecule has 114 valence electrons. The number of benzene rings is 1. The Morgan fingerprint density at radius 2 is 1.91 bits per heavy atom. The molecule has 3 rings (SSSR count). The lowest BCUT2D eigenvalue weighted by Gasteiger charge is -2.07. The second kappa shape index (κ2) is 4.98. The van der Waals surface area contributed by atoms with Crippen LogP contribution in [0.4, 0.5) is 5.69 Å². The number of rotatable bonds is 4. The Labute approximate surface area is 127 Å². The number of carbonyl (C=O) groups excluding carboxylic acids is 1. The number of carbonyl (C=O) groups is 2. The predicted molar refractivity (Wildman–Crippen MR) is 80.6 cm³/mol. The van der Waals surface area contributed by atoms with E-state index in [1.54, 1.807) is 36.9 Å². The number of aliphatic carboxylic acids is 1. The van der Waals surface area contributed by atoms with Crippen molar-refractivity contribution in [2.45, 2.75) is 13.8 Å². The average Bonchev–Trinajstić information content (AvgIpc) is 2.84. The fourth-order valence-electron chi connectivity index (χ4n) is 2.93. The minimum atomic E-state index is -0.917. The summed E-state index contributed by atoms with van der Waals surface area (Å²) in [6, 6.07) is 9.07. The van der Waals surface area contributed by atoms with Crippen LogP contribution in [0.15, 0.2) is 42.7 Å². The van der Waals surface area contributed by atoms with Crippen molar-refractivity contribution in [1.82, 2.24) is 9.78 Å². The summed E-state index contributed by atoms with van der Waals surface area (Å²) in [5.74, 6) is -2.27. The van der Waals surface area contributed by atoms with Gasteiger partial charge in [-0.2, -0.15) is 5.10 Å². The summed E-state index contributed by atoms with van der Waals surface area (Å²) < 4.78 is 1.72. The van der Waals surface area contributed by atoms with Crippen LogP contribution in [0.2, 0.25) is 0 Å². The van der Waals surface area contributed by atoms with Gasteiger partial charge in [0.25, 0.3) is 0 Å². The highest BCUT2D eigenvalue weighted by atomic mass is 16.4. The Morgan fingerprint density at radius 1 is 1.23 bits per heavy atom. The van der Waals surface area contributed by atoms with Crippen LogP contribution in [0, 0.1) is 17.3 Å². The van der Waals surface area contributed by atoms with Crippen molar-refractivity contribution in [3.63, 3.8) is 0 Å². The maximum atomic E-state index is 12.2. The lowest BCUT2D eigenvalue weighted by molar-refractivity contribution is -0.140. The molecule has 6 nitrogen and oxygen atoms in total. The quantitative estimate of drug-likeness (QED) is 0.906. The molecule has 2 N–H and O–H groups in total. The first-order chi connectivity index (χ1) is 10.4. The molecule has 1 aliphatic rings. The topological polar surface area (TPSA) is 84.2 Å². The molecule has 0 saturated heterocycles. The van der Waals surface area contributed by atoms with Crippen LogP contribution in [-0.4, -0.2) is 26.8 Å². The minimum absolute atomic E-state index is 0.246. The van der Waals surface area contributed by atoms with Crippen molar-refractivity contribution in [3.8, 4) is 5.69 Å². The van der Waals surface area contributed by atoms with Gasteiger partial charge < -0.3 is 10.4 Å². The fourth-order valence-corrected chi connectivity index (χ4v) is 2.93. The molecule has 0 spiro atoms. The number of aromatic nitrogens is 2. The van der Waals surface area contributed by atoms with Gasteiger partial charge in [0.2, 0.25) is 5.91 Å². The molecule has 1 fully saturated rings. The van der Waals surface area contributed by atoms with Crippen molar-refractivity contribution in [3.05, 3.63) is 42.7 Å². The van der Waals surface area contributed by atoms with Gasteiger partial charge in [0.1, 0.15) is 0 Å². The van der Waals surface area contributed by atoms with E-state index in [2.05, 4.69) is 10.4 Å². The number of carboxylic acid groups (broad SMARTS) is 1. The van der Waals surface area contributed by atoms with E-state index in [1.165, 1.54) is 0 Å². The van der Waals surface area contributed by atoms with E-state index in [9.17, 15) is 9.59 Å². The Bertz CT molecular complexity index is 705. The van der Waals surface area contributed by atoms with Crippen molar-refractivity contribution < 1.29 is 14.7 Å². The Balaban J connectivity index is 1.69. The molecule has 1 amide bonds. The molecule has 0 bridgehead atoms. The molecule has 1 aromatic carbocycles. The second-order valence-electron chi connectivity index (χ2n) is 6.10. The van der Waals surface area contributed by atoms with Gasteiger partial charge in [-0.15, -0.1) is 0 Å². The maximum Gasteiger partial charge on any atom is 0.307 e. The van der Waals surface area contributed by atoms with Crippen molar-refractivity contribution in [1.29, 1.82) is 0 Å². The normalized spacial score (nSPS) is 22.1. The predicted octanol–water partition coefficient (Wildman–Crippen LogP) is 2.17. The highest BCUT2D eigenvalue weighted by Crippen LogP contribution is 2.58. The van der Waals surface area contributed by atoms with E-state index in [1.807, 2.05) is 24.4 Å². The molecule has 1 aromatic heterocycles. The molecule has 1 heterocycles. The third kappa shape index (κ3) is 2.36. The van der Waals surface area contributed by atoms with Crippen LogP contribution >= 0.6 is 0 Å². The van der Waals surface area contributed by atoms with Crippen LogP contribution in [-0.2, 0) is 9.59 Å². The van der Waals surface area contributed by atoms with Gasteiger partial charge in [-0.1, -0.05) is 13.8 Å². The van der Waals surface area contributed by atoms with Crippen molar-refractivity contribution in [2.24, 2.45) is 17.3 Å². The second-order valence-corrected chi connectivity index (χ2v) is 6.10. The molecule has 0 unspecified atom stereocenters. The summed E-state index contributed by atoms with van der Waals surface area (Å²) in [6.07, 6.45) is 3.52. The largest absolute Gasteiger partial charge is 0.481 e. The number of anilines is 1. The molecule has 0 radical (unpaired) electrons. The third-order valence-corrected chi connectivity index (χ3v) is 4.28. The molecule has 2 atom stereocenters. The zero-order valence-electron chi connectivity index (χ0n) is 12.4. The average molecular weight is 299 g/mol. The standard InChI is InChI=1S/C16H17N3O3/c1-16(2)12(13(16)15(21)22)14(20)18-10-4-6-11(7-5-10)19-9-3-8-17-19/h3-9,12-13H,1-2H3,(H,18,20)(H,21,22)/t12-,13+/m1/s1. The molecule has 0 aliphatic heterocycles. The maximum absolute atomic E-state index is 12.2. The van der Waals surface area contributed by atoms with E-state index in [0.717, 1.165) is 5.69 Å². The Morgan fingerprint density at radius 3 is 2.41 bits per heavy atom. The number of carboxylic acids is 1. The van der Waals surface area contributed by atoms with Gasteiger partial charge in [0.15, 0.2) is 0 Å². The Hall–Kier alpha value is -2.63. The van der Waals surface area contributed by atoms with Crippen LogP contribution in [0.3, 0.4) is 0 Å². The van der Waals surface area contributed by atoms with E-state index in [0.29, 0.717) is 5.69 Å². The minimum Gasteiger partial charge on any atom is -0.481 e. The third-order valence-electron chi connectivity index (χ3n) is 4.28. The summed E-state index contributed by atoms with van der Waals surface area (Å²) >= 11 is 0. The zero-order valence-corrected chi connectivity index (χ0v) is 12.4. The van der Waals surface area contributed by atoms with Crippen LogP contribution in [0.5, 0.6) is 0 Å². The highest BCUT2D eigenvalue weighted by Gasteiger charge is 2.65. The summed E-state index contributed by atoms with van der Waals surface area (Å²) in [7, 11) is 0. The molecule has 1 saturated carbocycles. The molecule has 2 aromatic rings. The highest BCUT2D eigenvalue weighted by molar-refractivity contribution is 5.99. The van der Waals surface area contributed by atoms with Crippen LogP contribution in [0.1, 0.15) is 13.8 Å². The summed E-state index contributed by atoms with van der Waals surface area (Å²) in [6.45, 7) is 3.60. The first-order valence-corrected chi connectivity index (χ1v) is 7.05. The number of nitrogens with one attached hydrogen (secondary N) is 1. The van der Waals surface area contributed by atoms with Gasteiger partial charge in [-0.05, 0) is 35.7 Å². The molecular weight excluding hydrogens is 282 g/mol. The Kier molecular flexibility index (Phi) is 3.24. The van der Waals surface area contributed by atoms with Gasteiger partial charge in [0.05, 0.1) is 17.5 Å². The summed E-state index contributed by atoms with van der Waals surface area (Å²) in [5, 5.41) is 16.0. The number of hydrogen-bond donors (Lipinski definition) is 2. The molecular formula is C16H17N3O3. The van der Waals surface area contributed by atoms with Crippen LogP contribution in [0.25, 0.3) is 5.69 Å². The van der Waals surface area contributed by atoms with E-state index >= 15 is 0 Å². The van der Waals surface area contributed by atoms with Gasteiger partial charge in [0, 0.05) is 18.1 Å². The first kappa shape index (κ1) is 14.3. The van der Waals surface area contributed by atoms with E-state index in [-0.39, 0.29) is 5.91 Å². The smallest absolute Gasteiger partial charge is 0.307 e. The lowest BCUT2D eigenvalue weighted by atomic mass is 10.1. The van der Waals surface area contributed by atoms with Gasteiger partial charge in [-0.3, -0.25) is 9.59 Å².